The molecule has 1 aliphatic rings. The molecule has 0 saturated heterocycles. The highest BCUT2D eigenvalue weighted by atomic mass is 16.6. The third kappa shape index (κ3) is 5.34. The summed E-state index contributed by atoms with van der Waals surface area (Å²) in [7, 11) is 3.12. The molecule has 2 aromatic carbocycles. The first-order valence-corrected chi connectivity index (χ1v) is 9.55. The summed E-state index contributed by atoms with van der Waals surface area (Å²) in [6.07, 6.45) is 0.0309. The summed E-state index contributed by atoms with van der Waals surface area (Å²) in [6, 6.07) is 10.2. The molecule has 0 spiro atoms. The molecular formula is C22H25NO7. The largest absolute Gasteiger partial charge is 0.497 e. The molecule has 8 nitrogen and oxygen atoms in total. The second kappa shape index (κ2) is 9.87. The number of carbonyl (C=O) groups is 2. The van der Waals surface area contributed by atoms with Crippen LogP contribution >= 0.6 is 0 Å². The Hall–Kier alpha value is -3.42. The van der Waals surface area contributed by atoms with Gasteiger partial charge in [-0.3, -0.25) is 9.59 Å². The van der Waals surface area contributed by atoms with Gasteiger partial charge in [0.25, 0.3) is 5.91 Å². The minimum atomic E-state index is -0.506. The summed E-state index contributed by atoms with van der Waals surface area (Å²) in [5.74, 6) is 1.61. The number of amides is 1. The second-order valence-corrected chi connectivity index (χ2v) is 6.71. The molecule has 1 amide bonds. The zero-order valence-corrected chi connectivity index (χ0v) is 17.2. The molecule has 2 aromatic rings. The Morgan fingerprint density at radius 3 is 2.53 bits per heavy atom. The van der Waals surface area contributed by atoms with Gasteiger partial charge in [0.2, 0.25) is 0 Å². The SMILES string of the molecule is COc1ccc(OC)c(C(C)NC(=O)COC(=O)Cc2ccc3c(c2)OCCO3)c1. The maximum atomic E-state index is 12.2. The van der Waals surface area contributed by atoms with Crippen molar-refractivity contribution in [1.29, 1.82) is 0 Å². The van der Waals surface area contributed by atoms with E-state index < -0.39 is 11.9 Å². The Kier molecular flexibility index (Phi) is 7.00. The first kappa shape index (κ1) is 21.3. The van der Waals surface area contributed by atoms with E-state index in [-0.39, 0.29) is 19.1 Å². The van der Waals surface area contributed by atoms with Crippen LogP contribution in [0.15, 0.2) is 36.4 Å². The van der Waals surface area contributed by atoms with E-state index in [1.54, 1.807) is 50.6 Å². The van der Waals surface area contributed by atoms with E-state index in [1.165, 1.54) is 0 Å². The maximum absolute atomic E-state index is 12.2. The van der Waals surface area contributed by atoms with Crippen molar-refractivity contribution in [2.24, 2.45) is 0 Å². The number of methoxy groups -OCH3 is 2. The van der Waals surface area contributed by atoms with Crippen LogP contribution in [0.1, 0.15) is 24.1 Å². The summed E-state index contributed by atoms with van der Waals surface area (Å²) in [6.45, 7) is 2.41. The Balaban J connectivity index is 1.51. The average Bonchev–Trinajstić information content (AvgIpc) is 2.77. The molecular weight excluding hydrogens is 390 g/mol. The lowest BCUT2D eigenvalue weighted by atomic mass is 10.1. The molecule has 1 atom stereocenters. The first-order chi connectivity index (χ1) is 14.5. The predicted octanol–water partition coefficient (Wildman–Crippen LogP) is 2.44. The molecule has 160 valence electrons. The fourth-order valence-corrected chi connectivity index (χ4v) is 3.10. The van der Waals surface area contributed by atoms with Gasteiger partial charge in [0.1, 0.15) is 24.7 Å². The molecule has 8 heteroatoms. The van der Waals surface area contributed by atoms with Gasteiger partial charge in [-0.2, -0.15) is 0 Å². The maximum Gasteiger partial charge on any atom is 0.310 e. The minimum Gasteiger partial charge on any atom is -0.497 e. The molecule has 30 heavy (non-hydrogen) atoms. The summed E-state index contributed by atoms with van der Waals surface area (Å²) in [4.78, 5) is 24.3. The monoisotopic (exact) mass is 415 g/mol. The van der Waals surface area contributed by atoms with Crippen LogP contribution in [0.2, 0.25) is 0 Å². The predicted molar refractivity (Wildman–Crippen MR) is 108 cm³/mol. The zero-order valence-electron chi connectivity index (χ0n) is 17.2. The fourth-order valence-electron chi connectivity index (χ4n) is 3.10. The van der Waals surface area contributed by atoms with Crippen molar-refractivity contribution in [3.05, 3.63) is 47.5 Å². The van der Waals surface area contributed by atoms with Gasteiger partial charge >= 0.3 is 5.97 Å². The topological polar surface area (TPSA) is 92.3 Å². The third-order valence-corrected chi connectivity index (χ3v) is 4.60. The van der Waals surface area contributed by atoms with Crippen LogP contribution in [-0.4, -0.2) is 45.9 Å². The van der Waals surface area contributed by atoms with Crippen LogP contribution in [-0.2, 0) is 20.7 Å². The van der Waals surface area contributed by atoms with Crippen LogP contribution in [0.5, 0.6) is 23.0 Å². The standard InChI is InChI=1S/C22H25NO7/c1-14(17-12-16(26-2)5-7-18(17)27-3)23-21(24)13-30-22(25)11-15-4-6-19-20(10-15)29-9-8-28-19/h4-7,10,12,14H,8-9,11,13H2,1-3H3,(H,23,24). The van der Waals surface area contributed by atoms with E-state index >= 15 is 0 Å². The van der Waals surface area contributed by atoms with Crippen molar-refractivity contribution in [3.63, 3.8) is 0 Å². The molecule has 0 bridgehead atoms. The summed E-state index contributed by atoms with van der Waals surface area (Å²) in [5.41, 5.74) is 1.48. The lowest BCUT2D eigenvalue weighted by Crippen LogP contribution is -2.31. The van der Waals surface area contributed by atoms with Crippen LogP contribution in [0, 0.1) is 0 Å². The number of benzene rings is 2. The third-order valence-electron chi connectivity index (χ3n) is 4.60. The minimum absolute atomic E-state index is 0.0309. The highest BCUT2D eigenvalue weighted by Crippen LogP contribution is 2.31. The lowest BCUT2D eigenvalue weighted by Gasteiger charge is -2.19. The summed E-state index contributed by atoms with van der Waals surface area (Å²) < 4.78 is 26.6. The Morgan fingerprint density at radius 2 is 1.80 bits per heavy atom. The van der Waals surface area contributed by atoms with Gasteiger partial charge in [0.05, 0.1) is 26.7 Å². The molecule has 1 unspecified atom stereocenters. The van der Waals surface area contributed by atoms with E-state index in [9.17, 15) is 9.59 Å². The molecule has 0 radical (unpaired) electrons. The van der Waals surface area contributed by atoms with Crippen LogP contribution in [0.3, 0.4) is 0 Å². The van der Waals surface area contributed by atoms with Crippen molar-refractivity contribution in [1.82, 2.24) is 5.32 Å². The van der Waals surface area contributed by atoms with Crippen molar-refractivity contribution in [2.75, 3.05) is 34.0 Å². The molecule has 0 aromatic heterocycles. The van der Waals surface area contributed by atoms with Gasteiger partial charge in [-0.1, -0.05) is 6.07 Å². The van der Waals surface area contributed by atoms with Crippen molar-refractivity contribution in [2.45, 2.75) is 19.4 Å². The number of fused-ring (bicyclic) bond motifs is 1. The van der Waals surface area contributed by atoms with E-state index in [4.69, 9.17) is 23.7 Å². The number of hydrogen-bond donors (Lipinski definition) is 1. The number of nitrogens with one attached hydrogen (secondary N) is 1. The normalized spacial score (nSPS) is 13.2. The molecule has 3 rings (SSSR count). The second-order valence-electron chi connectivity index (χ2n) is 6.71. The molecule has 1 aliphatic heterocycles. The van der Waals surface area contributed by atoms with Crippen LogP contribution < -0.4 is 24.3 Å². The number of ether oxygens (including phenoxy) is 5. The van der Waals surface area contributed by atoms with Crippen LogP contribution in [0.4, 0.5) is 0 Å². The van der Waals surface area contributed by atoms with E-state index in [0.29, 0.717) is 36.2 Å². The van der Waals surface area contributed by atoms with Gasteiger partial charge < -0.3 is 29.0 Å². The number of carbonyl (C=O) groups excluding carboxylic acids is 2. The Bertz CT molecular complexity index is 912. The molecule has 0 aliphatic carbocycles. The molecule has 1 heterocycles. The van der Waals surface area contributed by atoms with Crippen molar-refractivity contribution < 1.29 is 33.3 Å². The fraction of sp³-hybridized carbons (Fsp3) is 0.364. The van der Waals surface area contributed by atoms with Gasteiger partial charge in [0.15, 0.2) is 18.1 Å². The highest BCUT2D eigenvalue weighted by molar-refractivity contribution is 5.81. The van der Waals surface area contributed by atoms with E-state index in [1.807, 2.05) is 6.92 Å². The average molecular weight is 415 g/mol. The quantitative estimate of drug-likeness (QED) is 0.662. The van der Waals surface area contributed by atoms with Gasteiger partial charge in [-0.25, -0.2) is 0 Å². The van der Waals surface area contributed by atoms with Gasteiger partial charge in [-0.05, 0) is 42.8 Å². The highest BCUT2D eigenvalue weighted by Gasteiger charge is 2.17. The smallest absolute Gasteiger partial charge is 0.310 e. The zero-order chi connectivity index (χ0) is 21.5. The molecule has 0 fully saturated rings. The van der Waals surface area contributed by atoms with Gasteiger partial charge in [0, 0.05) is 5.56 Å². The van der Waals surface area contributed by atoms with Crippen molar-refractivity contribution in [3.8, 4) is 23.0 Å². The molecule has 1 N–H and O–H groups in total. The number of esters is 1. The molecule has 0 saturated carbocycles. The van der Waals surface area contributed by atoms with E-state index in [0.717, 1.165) is 11.1 Å². The first-order valence-electron chi connectivity index (χ1n) is 9.55. The Labute approximate surface area is 175 Å². The van der Waals surface area contributed by atoms with Crippen LogP contribution in [0.25, 0.3) is 0 Å². The summed E-state index contributed by atoms with van der Waals surface area (Å²) in [5, 5.41) is 2.79. The Morgan fingerprint density at radius 1 is 1.03 bits per heavy atom. The number of hydrogen-bond acceptors (Lipinski definition) is 7. The van der Waals surface area contributed by atoms with E-state index in [2.05, 4.69) is 5.32 Å². The van der Waals surface area contributed by atoms with Crippen molar-refractivity contribution >= 4 is 11.9 Å². The summed E-state index contributed by atoms with van der Waals surface area (Å²) >= 11 is 0. The van der Waals surface area contributed by atoms with Gasteiger partial charge in [-0.15, -0.1) is 0 Å². The lowest BCUT2D eigenvalue weighted by molar-refractivity contribution is -0.148. The number of rotatable bonds is 8.